The number of aryl methyl sites for hydroxylation is 1. The molecule has 0 N–H and O–H groups in total. The van der Waals surface area contributed by atoms with Gasteiger partial charge in [0.15, 0.2) is 0 Å². The number of carbonyl (C=O) groups excluding carboxylic acids is 1. The van der Waals surface area contributed by atoms with Crippen LogP contribution in [0.4, 0.5) is 0 Å². The lowest BCUT2D eigenvalue weighted by atomic mass is 9.96. The summed E-state index contributed by atoms with van der Waals surface area (Å²) in [6.07, 6.45) is 2.71. The summed E-state index contributed by atoms with van der Waals surface area (Å²) in [6, 6.07) is 19.6. The number of nitrogens with zero attached hydrogens (tertiary/aromatic N) is 2. The molecule has 0 fully saturated rings. The van der Waals surface area contributed by atoms with Gasteiger partial charge in [0, 0.05) is 29.1 Å². The van der Waals surface area contributed by atoms with Gasteiger partial charge in [0.25, 0.3) is 0 Å². The summed E-state index contributed by atoms with van der Waals surface area (Å²) in [5.41, 5.74) is 5.66. The summed E-state index contributed by atoms with van der Waals surface area (Å²) < 4.78 is 1.86. The number of hydrogen-bond donors (Lipinski definition) is 0. The Labute approximate surface area is 150 Å². The molecule has 0 bridgehead atoms. The van der Waals surface area contributed by atoms with Crippen molar-refractivity contribution in [3.63, 3.8) is 0 Å². The molecular formula is C21H15ClN2O. The molecular weight excluding hydrogens is 332 g/mol. The SMILES string of the molecule is Cn1ncc2c(-c3cccc(-c4ccc(C=O)cc4)c3Cl)cccc21. The van der Waals surface area contributed by atoms with Gasteiger partial charge in [0.2, 0.25) is 0 Å². The fourth-order valence-electron chi connectivity index (χ4n) is 3.12. The van der Waals surface area contributed by atoms with Gasteiger partial charge in [-0.3, -0.25) is 9.48 Å². The topological polar surface area (TPSA) is 34.9 Å². The summed E-state index contributed by atoms with van der Waals surface area (Å²) >= 11 is 6.76. The number of rotatable bonds is 3. The van der Waals surface area contributed by atoms with Crippen molar-refractivity contribution in [1.29, 1.82) is 0 Å². The fraction of sp³-hybridized carbons (Fsp3) is 0.0476. The lowest BCUT2D eigenvalue weighted by Crippen LogP contribution is -1.89. The third-order valence-corrected chi connectivity index (χ3v) is 4.85. The molecule has 4 aromatic rings. The minimum atomic E-state index is 0.649. The number of halogens is 1. The van der Waals surface area contributed by atoms with Gasteiger partial charge < -0.3 is 0 Å². The van der Waals surface area contributed by atoms with Crippen LogP contribution in [0.3, 0.4) is 0 Å². The Kier molecular flexibility index (Phi) is 3.86. The Morgan fingerprint density at radius 2 is 1.60 bits per heavy atom. The first-order valence-electron chi connectivity index (χ1n) is 7.94. The predicted molar refractivity (Wildman–Crippen MR) is 102 cm³/mol. The molecule has 0 spiro atoms. The molecule has 4 heteroatoms. The minimum Gasteiger partial charge on any atom is -0.298 e. The van der Waals surface area contributed by atoms with Gasteiger partial charge in [-0.1, -0.05) is 66.2 Å². The van der Waals surface area contributed by atoms with Gasteiger partial charge in [-0.05, 0) is 17.2 Å². The summed E-state index contributed by atoms with van der Waals surface area (Å²) in [5, 5.41) is 6.11. The summed E-state index contributed by atoms with van der Waals surface area (Å²) in [4.78, 5) is 10.9. The third kappa shape index (κ3) is 2.63. The van der Waals surface area contributed by atoms with Crippen LogP contribution in [-0.4, -0.2) is 16.1 Å². The van der Waals surface area contributed by atoms with E-state index in [2.05, 4.69) is 11.2 Å². The van der Waals surface area contributed by atoms with Crippen molar-refractivity contribution < 1.29 is 4.79 Å². The zero-order valence-corrected chi connectivity index (χ0v) is 14.4. The number of benzene rings is 3. The minimum absolute atomic E-state index is 0.649. The van der Waals surface area contributed by atoms with E-state index in [1.54, 1.807) is 12.1 Å². The average molecular weight is 347 g/mol. The first-order chi connectivity index (χ1) is 12.2. The number of carbonyl (C=O) groups is 1. The maximum absolute atomic E-state index is 10.9. The van der Waals surface area contributed by atoms with E-state index < -0.39 is 0 Å². The highest BCUT2D eigenvalue weighted by Gasteiger charge is 2.13. The van der Waals surface area contributed by atoms with Crippen LogP contribution in [0.15, 0.2) is 66.9 Å². The summed E-state index contributed by atoms with van der Waals surface area (Å²) in [5.74, 6) is 0. The smallest absolute Gasteiger partial charge is 0.150 e. The van der Waals surface area contributed by atoms with Gasteiger partial charge in [-0.15, -0.1) is 0 Å². The zero-order chi connectivity index (χ0) is 17.4. The number of hydrogen-bond acceptors (Lipinski definition) is 2. The average Bonchev–Trinajstić information content (AvgIpc) is 3.04. The van der Waals surface area contributed by atoms with Crippen molar-refractivity contribution >= 4 is 28.8 Å². The second-order valence-corrected chi connectivity index (χ2v) is 6.29. The standard InChI is InChI=1S/C21H15ClN2O/c1-24-20-7-3-5-17(19(20)12-23-24)18-6-2-4-16(21(18)22)15-10-8-14(13-25)9-11-15/h2-13H,1H3. The van der Waals surface area contributed by atoms with Gasteiger partial charge in [0.05, 0.1) is 16.7 Å². The Bertz CT molecular complexity index is 1080. The lowest BCUT2D eigenvalue weighted by Gasteiger charge is -2.11. The van der Waals surface area contributed by atoms with E-state index in [1.165, 1.54) is 0 Å². The molecule has 0 aliphatic carbocycles. The summed E-state index contributed by atoms with van der Waals surface area (Å²) in [7, 11) is 1.93. The molecule has 0 unspecified atom stereocenters. The monoisotopic (exact) mass is 346 g/mol. The molecule has 25 heavy (non-hydrogen) atoms. The van der Waals surface area contributed by atoms with E-state index >= 15 is 0 Å². The predicted octanol–water partition coefficient (Wildman–Crippen LogP) is 5.37. The van der Waals surface area contributed by atoms with Gasteiger partial charge in [-0.25, -0.2) is 0 Å². The molecule has 0 amide bonds. The van der Waals surface area contributed by atoms with E-state index in [-0.39, 0.29) is 0 Å². The summed E-state index contributed by atoms with van der Waals surface area (Å²) in [6.45, 7) is 0. The number of aldehydes is 1. The Morgan fingerprint density at radius 1 is 0.920 bits per heavy atom. The van der Waals surface area contributed by atoms with Crippen LogP contribution in [0.1, 0.15) is 10.4 Å². The van der Waals surface area contributed by atoms with E-state index in [1.807, 2.05) is 60.4 Å². The molecule has 1 heterocycles. The number of aromatic nitrogens is 2. The largest absolute Gasteiger partial charge is 0.298 e. The molecule has 0 saturated carbocycles. The van der Waals surface area contributed by atoms with E-state index in [4.69, 9.17) is 11.6 Å². The van der Waals surface area contributed by atoms with Crippen LogP contribution in [0.25, 0.3) is 33.2 Å². The molecule has 0 atom stereocenters. The molecule has 4 rings (SSSR count). The van der Waals surface area contributed by atoms with Crippen LogP contribution in [0, 0.1) is 0 Å². The molecule has 0 aliphatic heterocycles. The normalized spacial score (nSPS) is 11.0. The third-order valence-electron chi connectivity index (χ3n) is 4.44. The highest BCUT2D eigenvalue weighted by atomic mass is 35.5. The first-order valence-corrected chi connectivity index (χ1v) is 8.32. The van der Waals surface area contributed by atoms with Crippen molar-refractivity contribution in [2.24, 2.45) is 7.05 Å². The van der Waals surface area contributed by atoms with Crippen molar-refractivity contribution in [3.8, 4) is 22.3 Å². The lowest BCUT2D eigenvalue weighted by molar-refractivity contribution is 0.112. The van der Waals surface area contributed by atoms with Crippen LogP contribution in [0.2, 0.25) is 5.02 Å². The maximum Gasteiger partial charge on any atom is 0.150 e. The fourth-order valence-corrected chi connectivity index (χ4v) is 3.45. The van der Waals surface area contributed by atoms with Crippen molar-refractivity contribution in [2.75, 3.05) is 0 Å². The van der Waals surface area contributed by atoms with Crippen molar-refractivity contribution in [2.45, 2.75) is 0 Å². The Hall–Kier alpha value is -2.91. The van der Waals surface area contributed by atoms with E-state index in [0.29, 0.717) is 10.6 Å². The van der Waals surface area contributed by atoms with E-state index in [9.17, 15) is 4.79 Å². The number of fused-ring (bicyclic) bond motifs is 1. The highest BCUT2D eigenvalue weighted by molar-refractivity contribution is 6.36. The zero-order valence-electron chi connectivity index (χ0n) is 13.6. The van der Waals surface area contributed by atoms with Crippen molar-refractivity contribution in [1.82, 2.24) is 9.78 Å². The molecule has 0 saturated heterocycles. The van der Waals surface area contributed by atoms with E-state index in [0.717, 1.165) is 39.4 Å². The van der Waals surface area contributed by atoms with Gasteiger partial charge in [0.1, 0.15) is 6.29 Å². The molecule has 0 radical (unpaired) electrons. The highest BCUT2D eigenvalue weighted by Crippen LogP contribution is 2.38. The second-order valence-electron chi connectivity index (χ2n) is 5.91. The molecule has 0 aliphatic rings. The Balaban J connectivity index is 1.90. The quantitative estimate of drug-likeness (QED) is 0.467. The molecule has 1 aromatic heterocycles. The molecule has 3 nitrogen and oxygen atoms in total. The second kappa shape index (κ2) is 6.19. The van der Waals surface area contributed by atoms with Gasteiger partial charge >= 0.3 is 0 Å². The first kappa shape index (κ1) is 15.6. The van der Waals surface area contributed by atoms with Crippen LogP contribution >= 0.6 is 11.6 Å². The van der Waals surface area contributed by atoms with Crippen molar-refractivity contribution in [3.05, 3.63) is 77.4 Å². The van der Waals surface area contributed by atoms with Crippen LogP contribution in [-0.2, 0) is 7.05 Å². The van der Waals surface area contributed by atoms with Gasteiger partial charge in [-0.2, -0.15) is 5.10 Å². The Morgan fingerprint density at radius 3 is 2.36 bits per heavy atom. The van der Waals surface area contributed by atoms with Crippen LogP contribution in [0.5, 0.6) is 0 Å². The maximum atomic E-state index is 10.9. The molecule has 3 aromatic carbocycles. The van der Waals surface area contributed by atoms with Crippen LogP contribution < -0.4 is 0 Å². The molecule has 122 valence electrons.